The molecular weight excluding hydrogens is 473 g/mol. The van der Waals surface area contributed by atoms with Crippen molar-refractivity contribution in [1.29, 1.82) is 0 Å². The van der Waals surface area contributed by atoms with Crippen molar-refractivity contribution in [1.82, 2.24) is 0 Å². The number of carbonyl (C=O) groups is 1. The van der Waals surface area contributed by atoms with Gasteiger partial charge in [0.25, 0.3) is 5.91 Å². The summed E-state index contributed by atoms with van der Waals surface area (Å²) in [7, 11) is 1.57. The fourth-order valence-corrected chi connectivity index (χ4v) is 3.52. The van der Waals surface area contributed by atoms with Crippen molar-refractivity contribution in [2.75, 3.05) is 12.4 Å². The highest BCUT2D eigenvalue weighted by Gasteiger charge is 2.14. The molecule has 0 atom stereocenters. The molecule has 0 aliphatic carbocycles. The van der Waals surface area contributed by atoms with E-state index in [1.807, 2.05) is 30.3 Å². The van der Waals surface area contributed by atoms with Crippen LogP contribution in [0.5, 0.6) is 23.0 Å². The van der Waals surface area contributed by atoms with Crippen LogP contribution < -0.4 is 19.5 Å². The Bertz CT molecular complexity index is 1280. The maximum atomic E-state index is 13.1. The summed E-state index contributed by atoms with van der Waals surface area (Å²) in [6.45, 7) is 0.214. The molecule has 7 heteroatoms. The lowest BCUT2D eigenvalue weighted by atomic mass is 10.1. The predicted molar refractivity (Wildman–Crippen MR) is 135 cm³/mol. The predicted octanol–water partition coefficient (Wildman–Crippen LogP) is 7.63. The second kappa shape index (κ2) is 11.0. The molecule has 34 heavy (non-hydrogen) atoms. The first kappa shape index (κ1) is 23.5. The van der Waals surface area contributed by atoms with Gasteiger partial charge in [-0.25, -0.2) is 0 Å². The van der Waals surface area contributed by atoms with Crippen LogP contribution in [0.2, 0.25) is 10.0 Å². The average Bonchev–Trinajstić information content (AvgIpc) is 2.86. The number of rotatable bonds is 8. The van der Waals surface area contributed by atoms with Crippen molar-refractivity contribution in [3.8, 4) is 23.0 Å². The number of anilines is 1. The Morgan fingerprint density at radius 2 is 1.50 bits per heavy atom. The van der Waals surface area contributed by atoms with Gasteiger partial charge in [-0.3, -0.25) is 4.79 Å². The standard InChI is InChI=1S/C27H21Cl2NO4/c1-32-25-13-7-18(15-19(25)17-33-22-11-8-20(28)9-12-22)27(31)30-24-16-21(29)10-14-26(24)34-23-5-3-2-4-6-23/h2-16H,17H2,1H3,(H,30,31). The summed E-state index contributed by atoms with van der Waals surface area (Å²) in [5, 5.41) is 3.99. The van der Waals surface area contributed by atoms with Crippen molar-refractivity contribution in [3.63, 3.8) is 0 Å². The molecule has 0 aromatic heterocycles. The third-order valence-electron chi connectivity index (χ3n) is 4.91. The van der Waals surface area contributed by atoms with Gasteiger partial charge in [0.2, 0.25) is 0 Å². The summed E-state index contributed by atoms with van der Waals surface area (Å²) in [6.07, 6.45) is 0. The Balaban J connectivity index is 1.53. The highest BCUT2D eigenvalue weighted by Crippen LogP contribution is 2.33. The second-order valence-electron chi connectivity index (χ2n) is 7.28. The fourth-order valence-electron chi connectivity index (χ4n) is 3.22. The van der Waals surface area contributed by atoms with Crippen molar-refractivity contribution >= 4 is 34.8 Å². The maximum absolute atomic E-state index is 13.1. The van der Waals surface area contributed by atoms with Crippen LogP contribution in [0.1, 0.15) is 15.9 Å². The van der Waals surface area contributed by atoms with Crippen molar-refractivity contribution in [3.05, 3.63) is 112 Å². The number of halogens is 2. The molecule has 1 amide bonds. The minimum absolute atomic E-state index is 0.214. The number of carbonyl (C=O) groups excluding carboxylic acids is 1. The fraction of sp³-hybridized carbons (Fsp3) is 0.0741. The van der Waals surface area contributed by atoms with Crippen molar-refractivity contribution in [2.24, 2.45) is 0 Å². The van der Waals surface area contributed by atoms with Gasteiger partial charge in [-0.2, -0.15) is 0 Å². The molecule has 5 nitrogen and oxygen atoms in total. The molecule has 0 heterocycles. The molecule has 0 fully saturated rings. The van der Waals surface area contributed by atoms with Crippen LogP contribution in [0, 0.1) is 0 Å². The molecule has 0 bridgehead atoms. The van der Waals surface area contributed by atoms with E-state index in [9.17, 15) is 4.79 Å². The molecule has 0 unspecified atom stereocenters. The van der Waals surface area contributed by atoms with Gasteiger partial charge in [-0.05, 0) is 72.8 Å². The largest absolute Gasteiger partial charge is 0.496 e. The molecule has 0 spiro atoms. The van der Waals surface area contributed by atoms with Crippen LogP contribution in [0.25, 0.3) is 0 Å². The molecule has 0 saturated heterocycles. The number of amides is 1. The Labute approximate surface area is 207 Å². The van der Waals surface area contributed by atoms with Crippen molar-refractivity contribution < 1.29 is 19.0 Å². The lowest BCUT2D eigenvalue weighted by Crippen LogP contribution is -2.13. The van der Waals surface area contributed by atoms with E-state index in [1.165, 1.54) is 0 Å². The van der Waals surface area contributed by atoms with Crippen LogP contribution in [0.4, 0.5) is 5.69 Å². The van der Waals surface area contributed by atoms with Crippen LogP contribution in [0.3, 0.4) is 0 Å². The van der Waals surface area contributed by atoms with Gasteiger partial charge in [0.05, 0.1) is 12.8 Å². The number of hydrogen-bond acceptors (Lipinski definition) is 4. The number of hydrogen-bond donors (Lipinski definition) is 1. The van der Waals surface area contributed by atoms with Gasteiger partial charge in [-0.1, -0.05) is 41.4 Å². The minimum Gasteiger partial charge on any atom is -0.496 e. The zero-order valence-corrected chi connectivity index (χ0v) is 19.8. The Morgan fingerprint density at radius 1 is 0.794 bits per heavy atom. The smallest absolute Gasteiger partial charge is 0.255 e. The summed E-state index contributed by atoms with van der Waals surface area (Å²) in [5.74, 6) is 2.06. The molecule has 1 N–H and O–H groups in total. The summed E-state index contributed by atoms with van der Waals surface area (Å²) >= 11 is 12.1. The number of nitrogens with one attached hydrogen (secondary N) is 1. The lowest BCUT2D eigenvalue weighted by Gasteiger charge is -2.14. The van der Waals surface area contributed by atoms with Gasteiger partial charge in [0, 0.05) is 21.2 Å². The zero-order chi connectivity index (χ0) is 23.9. The van der Waals surface area contributed by atoms with E-state index in [1.54, 1.807) is 67.8 Å². The molecule has 172 valence electrons. The van der Waals surface area contributed by atoms with E-state index in [0.717, 1.165) is 5.56 Å². The number of ether oxygens (including phenoxy) is 3. The molecular formula is C27H21Cl2NO4. The third kappa shape index (κ3) is 6.01. The lowest BCUT2D eigenvalue weighted by molar-refractivity contribution is 0.102. The molecule has 0 aliphatic heterocycles. The quantitative estimate of drug-likeness (QED) is 0.274. The summed E-state index contributed by atoms with van der Waals surface area (Å²) < 4.78 is 17.2. The summed E-state index contributed by atoms with van der Waals surface area (Å²) in [6, 6.07) is 26.5. The van der Waals surface area contributed by atoms with E-state index in [0.29, 0.717) is 44.3 Å². The highest BCUT2D eigenvalue weighted by molar-refractivity contribution is 6.31. The van der Waals surface area contributed by atoms with Gasteiger partial charge >= 0.3 is 0 Å². The van der Waals surface area contributed by atoms with E-state index in [-0.39, 0.29) is 12.5 Å². The Kier molecular flexibility index (Phi) is 7.58. The zero-order valence-electron chi connectivity index (χ0n) is 18.3. The minimum atomic E-state index is -0.324. The molecule has 0 saturated carbocycles. The van der Waals surface area contributed by atoms with Crippen LogP contribution in [-0.4, -0.2) is 13.0 Å². The van der Waals surface area contributed by atoms with Crippen molar-refractivity contribution in [2.45, 2.75) is 6.61 Å². The molecule has 0 radical (unpaired) electrons. The number of benzene rings is 4. The van der Waals surface area contributed by atoms with Crippen LogP contribution >= 0.6 is 23.2 Å². The van der Waals surface area contributed by atoms with Gasteiger partial charge in [0.1, 0.15) is 23.9 Å². The van der Waals surface area contributed by atoms with Gasteiger partial charge in [-0.15, -0.1) is 0 Å². The Hall–Kier alpha value is -3.67. The van der Waals surface area contributed by atoms with Crippen LogP contribution in [0.15, 0.2) is 91.0 Å². The monoisotopic (exact) mass is 493 g/mol. The van der Waals surface area contributed by atoms with Gasteiger partial charge in [0.15, 0.2) is 5.75 Å². The first-order chi connectivity index (χ1) is 16.5. The highest BCUT2D eigenvalue weighted by atomic mass is 35.5. The molecule has 4 rings (SSSR count). The average molecular weight is 494 g/mol. The van der Waals surface area contributed by atoms with E-state index in [2.05, 4.69) is 5.32 Å². The van der Waals surface area contributed by atoms with E-state index in [4.69, 9.17) is 37.4 Å². The molecule has 4 aromatic carbocycles. The van der Waals surface area contributed by atoms with E-state index >= 15 is 0 Å². The number of para-hydroxylation sites is 1. The van der Waals surface area contributed by atoms with E-state index < -0.39 is 0 Å². The topological polar surface area (TPSA) is 56.8 Å². The normalized spacial score (nSPS) is 10.4. The first-order valence-corrected chi connectivity index (χ1v) is 11.2. The van der Waals surface area contributed by atoms with Gasteiger partial charge < -0.3 is 19.5 Å². The molecule has 4 aromatic rings. The Morgan fingerprint density at radius 3 is 2.24 bits per heavy atom. The number of methoxy groups -OCH3 is 1. The SMILES string of the molecule is COc1ccc(C(=O)Nc2cc(Cl)ccc2Oc2ccccc2)cc1COc1ccc(Cl)cc1. The third-order valence-corrected chi connectivity index (χ3v) is 5.40. The summed E-state index contributed by atoms with van der Waals surface area (Å²) in [5.41, 5.74) is 1.61. The molecule has 0 aliphatic rings. The van der Waals surface area contributed by atoms with Crippen LogP contribution in [-0.2, 0) is 6.61 Å². The summed E-state index contributed by atoms with van der Waals surface area (Å²) in [4.78, 5) is 13.1. The maximum Gasteiger partial charge on any atom is 0.255 e. The second-order valence-corrected chi connectivity index (χ2v) is 8.15. The first-order valence-electron chi connectivity index (χ1n) is 10.4.